The van der Waals surface area contributed by atoms with Gasteiger partial charge in [0, 0.05) is 39.2 Å². The molecule has 1 N–H and O–H groups in total. The lowest BCUT2D eigenvalue weighted by Gasteiger charge is -2.32. The number of carbonyl (C=O) groups is 1. The fourth-order valence-corrected chi connectivity index (χ4v) is 5.71. The maximum absolute atomic E-state index is 12.7. The molecule has 1 amide bonds. The summed E-state index contributed by atoms with van der Waals surface area (Å²) < 4.78 is 3.23. The van der Waals surface area contributed by atoms with E-state index in [0.29, 0.717) is 5.56 Å². The van der Waals surface area contributed by atoms with Gasteiger partial charge in [0.1, 0.15) is 0 Å². The highest BCUT2D eigenvalue weighted by Crippen LogP contribution is 2.23. The summed E-state index contributed by atoms with van der Waals surface area (Å²) in [6.07, 6.45) is 5.36. The molecule has 5 nitrogen and oxygen atoms in total. The summed E-state index contributed by atoms with van der Waals surface area (Å²) in [6, 6.07) is 29.0. The number of nitrogens with zero attached hydrogens (tertiary/aromatic N) is 3. The molecule has 200 valence electrons. The van der Waals surface area contributed by atoms with Gasteiger partial charge in [0.15, 0.2) is 0 Å². The molecule has 2 heterocycles. The van der Waals surface area contributed by atoms with Gasteiger partial charge in [0.25, 0.3) is 5.91 Å². The van der Waals surface area contributed by atoms with E-state index in [2.05, 4.69) is 110 Å². The zero-order valence-electron chi connectivity index (χ0n) is 22.6. The van der Waals surface area contributed by atoms with Crippen LogP contribution in [0, 0.1) is 19.8 Å². The molecule has 5 rings (SSSR count). The minimum Gasteiger partial charge on any atom is -0.318 e. The lowest BCUT2D eigenvalue weighted by molar-refractivity contribution is 0.0955. The van der Waals surface area contributed by atoms with Gasteiger partial charge in [-0.1, -0.05) is 58.4 Å². The van der Waals surface area contributed by atoms with Gasteiger partial charge in [-0.15, -0.1) is 0 Å². The molecule has 1 aliphatic rings. The number of piperidine rings is 1. The predicted molar refractivity (Wildman–Crippen MR) is 163 cm³/mol. The average Bonchev–Trinajstić information content (AvgIpc) is 3.23. The van der Waals surface area contributed by atoms with Gasteiger partial charge in [0.05, 0.1) is 6.21 Å². The molecule has 0 atom stereocenters. The van der Waals surface area contributed by atoms with Gasteiger partial charge in [0.2, 0.25) is 0 Å². The van der Waals surface area contributed by atoms with E-state index in [-0.39, 0.29) is 5.91 Å². The van der Waals surface area contributed by atoms with E-state index >= 15 is 0 Å². The quantitative estimate of drug-likeness (QED) is 0.178. The highest BCUT2D eigenvalue weighted by molar-refractivity contribution is 9.10. The van der Waals surface area contributed by atoms with Crippen LogP contribution in [0.25, 0.3) is 5.69 Å². The highest BCUT2D eigenvalue weighted by Gasteiger charge is 2.19. The molecule has 1 saturated heterocycles. The van der Waals surface area contributed by atoms with E-state index in [1.165, 1.54) is 30.4 Å². The zero-order chi connectivity index (χ0) is 27.2. The van der Waals surface area contributed by atoms with Crippen LogP contribution in [0.2, 0.25) is 0 Å². The summed E-state index contributed by atoms with van der Waals surface area (Å²) in [7, 11) is 0. The number of benzene rings is 3. The maximum Gasteiger partial charge on any atom is 0.271 e. The number of nitrogens with one attached hydrogen (secondary N) is 1. The van der Waals surface area contributed by atoms with Crippen LogP contribution in [0.5, 0.6) is 0 Å². The molecule has 0 radical (unpaired) electrons. The SMILES string of the molecule is Cc1cc(/C=N\NC(=O)c2ccc(CN3CCC(Cc4ccccc4)CC3)cc2)c(C)n1-c1ccc(Br)cc1. The van der Waals surface area contributed by atoms with Crippen LogP contribution in [0.4, 0.5) is 0 Å². The Kier molecular flexibility index (Phi) is 8.74. The first-order valence-corrected chi connectivity index (χ1v) is 14.4. The van der Waals surface area contributed by atoms with Gasteiger partial charge in [-0.05, 0) is 106 Å². The molecule has 39 heavy (non-hydrogen) atoms. The minimum atomic E-state index is -0.207. The Labute approximate surface area is 239 Å². The lowest BCUT2D eigenvalue weighted by Crippen LogP contribution is -2.33. The number of hydrazone groups is 1. The average molecular weight is 584 g/mol. The van der Waals surface area contributed by atoms with Crippen LogP contribution < -0.4 is 5.43 Å². The fraction of sp³-hybridized carbons (Fsp3) is 0.273. The first-order chi connectivity index (χ1) is 19.0. The van der Waals surface area contributed by atoms with Crippen molar-refractivity contribution < 1.29 is 4.79 Å². The zero-order valence-corrected chi connectivity index (χ0v) is 24.2. The van der Waals surface area contributed by atoms with Crippen LogP contribution in [-0.4, -0.2) is 34.7 Å². The van der Waals surface area contributed by atoms with Crippen molar-refractivity contribution in [3.05, 3.63) is 123 Å². The van der Waals surface area contributed by atoms with Crippen molar-refractivity contribution in [3.63, 3.8) is 0 Å². The summed E-state index contributed by atoms with van der Waals surface area (Å²) in [5, 5.41) is 4.24. The minimum absolute atomic E-state index is 0.207. The molecule has 0 bridgehead atoms. The molecule has 0 saturated carbocycles. The van der Waals surface area contributed by atoms with Crippen molar-refractivity contribution in [2.45, 2.75) is 39.7 Å². The maximum atomic E-state index is 12.7. The van der Waals surface area contributed by atoms with Gasteiger partial charge < -0.3 is 4.57 Å². The number of carbonyl (C=O) groups excluding carboxylic acids is 1. The van der Waals surface area contributed by atoms with Crippen LogP contribution in [0.3, 0.4) is 0 Å². The molecule has 0 spiro atoms. The lowest BCUT2D eigenvalue weighted by atomic mass is 9.90. The number of hydrogen-bond donors (Lipinski definition) is 1. The van der Waals surface area contributed by atoms with E-state index in [0.717, 1.165) is 52.7 Å². The van der Waals surface area contributed by atoms with Crippen molar-refractivity contribution in [2.24, 2.45) is 11.0 Å². The summed E-state index contributed by atoms with van der Waals surface area (Å²) in [4.78, 5) is 15.2. The second kappa shape index (κ2) is 12.6. The number of hydrogen-bond acceptors (Lipinski definition) is 3. The number of aryl methyl sites for hydroxylation is 1. The van der Waals surface area contributed by atoms with Crippen molar-refractivity contribution >= 4 is 28.1 Å². The van der Waals surface area contributed by atoms with E-state index in [9.17, 15) is 4.79 Å². The number of aromatic nitrogens is 1. The van der Waals surface area contributed by atoms with Crippen LogP contribution in [0.1, 0.15) is 51.3 Å². The Balaban J connectivity index is 1.11. The van der Waals surface area contributed by atoms with E-state index in [4.69, 9.17) is 0 Å². The van der Waals surface area contributed by atoms with Crippen molar-refractivity contribution in [3.8, 4) is 5.69 Å². The van der Waals surface area contributed by atoms with Gasteiger partial charge in [-0.3, -0.25) is 9.69 Å². The smallest absolute Gasteiger partial charge is 0.271 e. The molecular weight excluding hydrogens is 548 g/mol. The molecule has 6 heteroatoms. The summed E-state index contributed by atoms with van der Waals surface area (Å²) in [6.45, 7) is 7.29. The molecule has 1 aromatic heterocycles. The Morgan fingerprint density at radius 3 is 2.33 bits per heavy atom. The first-order valence-electron chi connectivity index (χ1n) is 13.6. The molecule has 0 aliphatic carbocycles. The van der Waals surface area contributed by atoms with Crippen molar-refractivity contribution in [2.75, 3.05) is 13.1 Å². The molecule has 4 aromatic rings. The van der Waals surface area contributed by atoms with Crippen molar-refractivity contribution in [1.29, 1.82) is 0 Å². The second-order valence-corrected chi connectivity index (χ2v) is 11.4. The third-order valence-corrected chi connectivity index (χ3v) is 8.15. The van der Waals surface area contributed by atoms with Crippen LogP contribution in [-0.2, 0) is 13.0 Å². The number of likely N-dealkylation sites (tertiary alicyclic amines) is 1. The van der Waals surface area contributed by atoms with E-state index in [1.54, 1.807) is 6.21 Å². The van der Waals surface area contributed by atoms with E-state index < -0.39 is 0 Å². The Morgan fingerprint density at radius 2 is 1.64 bits per heavy atom. The number of amides is 1. The third kappa shape index (κ3) is 6.94. The number of halogens is 1. The third-order valence-electron chi connectivity index (χ3n) is 7.62. The Hall–Kier alpha value is -3.48. The van der Waals surface area contributed by atoms with Gasteiger partial charge in [-0.2, -0.15) is 5.10 Å². The van der Waals surface area contributed by atoms with Crippen LogP contribution >= 0.6 is 15.9 Å². The van der Waals surface area contributed by atoms with E-state index in [1.807, 2.05) is 24.3 Å². The molecule has 0 unspecified atom stereocenters. The molecule has 3 aromatic carbocycles. The predicted octanol–water partition coefficient (Wildman–Crippen LogP) is 7.08. The largest absolute Gasteiger partial charge is 0.318 e. The van der Waals surface area contributed by atoms with Gasteiger partial charge in [-0.25, -0.2) is 5.43 Å². The fourth-order valence-electron chi connectivity index (χ4n) is 5.45. The summed E-state index contributed by atoms with van der Waals surface area (Å²) >= 11 is 3.49. The molecular formula is C33H35BrN4O. The normalized spacial score (nSPS) is 14.6. The topological polar surface area (TPSA) is 49.6 Å². The monoisotopic (exact) mass is 582 g/mol. The Bertz CT molecular complexity index is 1420. The molecule has 1 fully saturated rings. The summed E-state index contributed by atoms with van der Waals surface area (Å²) in [5.41, 5.74) is 10.2. The molecule has 1 aliphatic heterocycles. The standard InChI is InChI=1S/C33H35BrN4O/c1-24-20-30(25(2)38(24)32-14-12-31(34)13-15-32)22-35-36-33(39)29-10-8-28(9-11-29)23-37-18-16-27(17-19-37)21-26-6-4-3-5-7-26/h3-15,20,22,27H,16-19,21,23H2,1-2H3,(H,36,39)/b35-22-. The number of rotatable bonds is 8. The van der Waals surface area contributed by atoms with Crippen molar-refractivity contribution in [1.82, 2.24) is 14.9 Å². The first kappa shape index (κ1) is 27.1. The second-order valence-electron chi connectivity index (χ2n) is 10.4. The highest BCUT2D eigenvalue weighted by atomic mass is 79.9. The van der Waals surface area contributed by atoms with Gasteiger partial charge >= 0.3 is 0 Å². The Morgan fingerprint density at radius 1 is 0.949 bits per heavy atom. The van der Waals surface area contributed by atoms with Crippen LogP contribution in [0.15, 0.2) is 94.5 Å². The summed E-state index contributed by atoms with van der Waals surface area (Å²) in [5.74, 6) is 0.559.